The third kappa shape index (κ3) is 4.17. The zero-order valence-electron chi connectivity index (χ0n) is 16.4. The van der Waals surface area contributed by atoms with Gasteiger partial charge in [0.15, 0.2) is 5.82 Å². The van der Waals surface area contributed by atoms with Gasteiger partial charge in [0.1, 0.15) is 0 Å². The van der Waals surface area contributed by atoms with Crippen molar-refractivity contribution in [2.45, 2.75) is 33.4 Å². The third-order valence-electron chi connectivity index (χ3n) is 4.96. The Labute approximate surface area is 174 Å². The van der Waals surface area contributed by atoms with E-state index < -0.39 is 0 Å². The molecule has 148 valence electrons. The monoisotopic (exact) mass is 407 g/mol. The third-order valence-corrected chi connectivity index (χ3v) is 5.51. The quantitative estimate of drug-likeness (QED) is 0.508. The fourth-order valence-corrected chi connectivity index (χ4v) is 3.56. The normalized spacial score (nSPS) is 11.1. The molecule has 6 nitrogen and oxygen atoms in total. The highest BCUT2D eigenvalue weighted by Gasteiger charge is 2.11. The van der Waals surface area contributed by atoms with Crippen molar-refractivity contribution in [1.82, 2.24) is 19.6 Å². The molecule has 0 atom stereocenters. The fraction of sp³-hybridized carbons (Fsp3) is 0.227. The molecule has 1 amide bonds. The Morgan fingerprint density at radius 3 is 2.66 bits per heavy atom. The summed E-state index contributed by atoms with van der Waals surface area (Å²) >= 11 is 6.15. The minimum absolute atomic E-state index is 0.107. The number of carbonyl (C=O) groups is 1. The number of hydrogen-bond donors (Lipinski definition) is 1. The molecule has 1 N–H and O–H groups in total. The van der Waals surface area contributed by atoms with Crippen LogP contribution in [0.5, 0.6) is 0 Å². The van der Waals surface area contributed by atoms with Gasteiger partial charge in [-0.05, 0) is 30.2 Å². The molecule has 4 aromatic rings. The van der Waals surface area contributed by atoms with E-state index in [4.69, 9.17) is 11.6 Å². The minimum Gasteiger partial charge on any atom is -0.309 e. The molecule has 2 aromatic carbocycles. The first-order valence-corrected chi connectivity index (χ1v) is 9.88. The summed E-state index contributed by atoms with van der Waals surface area (Å²) in [7, 11) is 0. The van der Waals surface area contributed by atoms with Crippen LogP contribution in [0.15, 0.2) is 54.7 Å². The number of benzene rings is 2. The second-order valence-electron chi connectivity index (χ2n) is 7.04. The molecule has 0 bridgehead atoms. The van der Waals surface area contributed by atoms with Crippen LogP contribution >= 0.6 is 11.6 Å². The summed E-state index contributed by atoms with van der Waals surface area (Å²) in [5.74, 6) is 0.436. The van der Waals surface area contributed by atoms with Crippen molar-refractivity contribution in [3.05, 3.63) is 76.7 Å². The number of anilines is 1. The van der Waals surface area contributed by atoms with Gasteiger partial charge in [-0.3, -0.25) is 14.2 Å². The van der Waals surface area contributed by atoms with Gasteiger partial charge < -0.3 is 5.32 Å². The van der Waals surface area contributed by atoms with Crippen molar-refractivity contribution in [2.24, 2.45) is 0 Å². The smallest absolute Gasteiger partial charge is 0.227 e. The Morgan fingerprint density at radius 2 is 1.86 bits per heavy atom. The molecule has 0 saturated heterocycles. The maximum Gasteiger partial charge on any atom is 0.227 e. The number of rotatable bonds is 6. The van der Waals surface area contributed by atoms with Crippen molar-refractivity contribution >= 4 is 34.1 Å². The first-order chi connectivity index (χ1) is 14.0. The van der Waals surface area contributed by atoms with Crippen molar-refractivity contribution < 1.29 is 4.79 Å². The van der Waals surface area contributed by atoms with Gasteiger partial charge in [-0.2, -0.15) is 10.2 Å². The van der Waals surface area contributed by atoms with Crippen LogP contribution < -0.4 is 5.32 Å². The molecule has 4 rings (SSSR count). The van der Waals surface area contributed by atoms with Gasteiger partial charge in [-0.1, -0.05) is 54.1 Å². The lowest BCUT2D eigenvalue weighted by Crippen LogP contribution is -2.16. The number of hydrogen-bond acceptors (Lipinski definition) is 3. The molecule has 0 unspecified atom stereocenters. The summed E-state index contributed by atoms with van der Waals surface area (Å²) < 4.78 is 3.59. The van der Waals surface area contributed by atoms with Crippen molar-refractivity contribution in [3.63, 3.8) is 0 Å². The molecule has 2 heterocycles. The van der Waals surface area contributed by atoms with E-state index in [0.29, 0.717) is 30.4 Å². The molecule has 2 aromatic heterocycles. The number of nitrogens with zero attached hydrogens (tertiary/aromatic N) is 4. The SMILES string of the molecule is Cc1nn(CCC(=O)Nc2ccn(Cc3cccc4ccccc34)n2)c(C)c1Cl. The average Bonchev–Trinajstić information content (AvgIpc) is 3.26. The van der Waals surface area contributed by atoms with Gasteiger partial charge in [0.25, 0.3) is 0 Å². The molecule has 0 aliphatic carbocycles. The standard InChI is InChI=1S/C22H22ClN5O/c1-15-22(23)16(2)28(25-15)13-11-21(29)24-20-10-12-27(26-20)14-18-8-5-7-17-6-3-4-9-19(17)18/h3-10,12H,11,13-14H2,1-2H3,(H,24,26,29). The molecule has 7 heteroatoms. The first kappa shape index (κ1) is 19.2. The van der Waals surface area contributed by atoms with Crippen LogP contribution in [0.25, 0.3) is 10.8 Å². The number of halogens is 1. The average molecular weight is 408 g/mol. The van der Waals surface area contributed by atoms with Crippen molar-refractivity contribution in [3.8, 4) is 0 Å². The Morgan fingerprint density at radius 1 is 1.07 bits per heavy atom. The van der Waals surface area contributed by atoms with E-state index in [2.05, 4.69) is 45.8 Å². The zero-order valence-corrected chi connectivity index (χ0v) is 17.1. The molecule has 0 aliphatic heterocycles. The second kappa shape index (κ2) is 8.09. The summed E-state index contributed by atoms with van der Waals surface area (Å²) in [6.45, 7) is 4.87. The van der Waals surface area contributed by atoms with E-state index in [-0.39, 0.29) is 5.91 Å². The van der Waals surface area contributed by atoms with Gasteiger partial charge in [-0.15, -0.1) is 0 Å². The summed E-state index contributed by atoms with van der Waals surface area (Å²) in [6.07, 6.45) is 2.17. The van der Waals surface area contributed by atoms with Crippen LogP contribution in [0.1, 0.15) is 23.4 Å². The van der Waals surface area contributed by atoms with E-state index in [1.807, 2.05) is 42.9 Å². The lowest BCUT2D eigenvalue weighted by molar-refractivity contribution is -0.116. The van der Waals surface area contributed by atoms with Gasteiger partial charge >= 0.3 is 0 Å². The predicted octanol–water partition coefficient (Wildman–Crippen LogP) is 4.58. The summed E-state index contributed by atoms with van der Waals surface area (Å²) in [5.41, 5.74) is 2.83. The highest BCUT2D eigenvalue weighted by Crippen LogP contribution is 2.20. The number of amides is 1. The molecule has 0 spiro atoms. The van der Waals surface area contributed by atoms with Crippen LogP contribution in [0.2, 0.25) is 5.02 Å². The molecule has 29 heavy (non-hydrogen) atoms. The fourth-order valence-electron chi connectivity index (χ4n) is 3.43. The van der Waals surface area contributed by atoms with Crippen LogP contribution in [-0.2, 0) is 17.9 Å². The Balaban J connectivity index is 1.38. The molecule has 0 saturated carbocycles. The molecular formula is C22H22ClN5O. The van der Waals surface area contributed by atoms with E-state index in [1.165, 1.54) is 16.3 Å². The Hall–Kier alpha value is -3.12. The lowest BCUT2D eigenvalue weighted by atomic mass is 10.0. The Bertz CT molecular complexity index is 1170. The largest absolute Gasteiger partial charge is 0.309 e. The van der Waals surface area contributed by atoms with E-state index in [0.717, 1.165) is 11.4 Å². The van der Waals surface area contributed by atoms with Gasteiger partial charge in [0, 0.05) is 18.7 Å². The topological polar surface area (TPSA) is 64.7 Å². The van der Waals surface area contributed by atoms with Crippen molar-refractivity contribution in [1.29, 1.82) is 0 Å². The lowest BCUT2D eigenvalue weighted by Gasteiger charge is -2.07. The number of carbonyl (C=O) groups excluding carboxylic acids is 1. The number of aromatic nitrogens is 4. The Kier molecular flexibility index (Phi) is 5.36. The summed E-state index contributed by atoms with van der Waals surface area (Å²) in [5, 5.41) is 14.7. The predicted molar refractivity (Wildman–Crippen MR) is 115 cm³/mol. The van der Waals surface area contributed by atoms with Crippen LogP contribution in [0.3, 0.4) is 0 Å². The second-order valence-corrected chi connectivity index (χ2v) is 7.42. The summed E-state index contributed by atoms with van der Waals surface area (Å²) in [6, 6.07) is 16.3. The maximum absolute atomic E-state index is 12.3. The van der Waals surface area contributed by atoms with E-state index in [1.54, 1.807) is 4.68 Å². The van der Waals surface area contributed by atoms with E-state index in [9.17, 15) is 4.79 Å². The zero-order chi connectivity index (χ0) is 20.4. The molecular weight excluding hydrogens is 386 g/mol. The van der Waals surface area contributed by atoms with Crippen LogP contribution in [0.4, 0.5) is 5.82 Å². The number of aryl methyl sites for hydroxylation is 2. The maximum atomic E-state index is 12.3. The molecule has 0 fully saturated rings. The van der Waals surface area contributed by atoms with Gasteiger partial charge in [-0.25, -0.2) is 0 Å². The number of nitrogens with one attached hydrogen (secondary N) is 1. The van der Waals surface area contributed by atoms with Crippen molar-refractivity contribution in [2.75, 3.05) is 5.32 Å². The number of fused-ring (bicyclic) bond motifs is 1. The highest BCUT2D eigenvalue weighted by atomic mass is 35.5. The van der Waals surface area contributed by atoms with Gasteiger partial charge in [0.05, 0.1) is 29.5 Å². The summed E-state index contributed by atoms with van der Waals surface area (Å²) in [4.78, 5) is 12.3. The van der Waals surface area contributed by atoms with Crippen LogP contribution in [0, 0.1) is 13.8 Å². The molecule has 0 radical (unpaired) electrons. The molecule has 0 aliphatic rings. The highest BCUT2D eigenvalue weighted by molar-refractivity contribution is 6.31. The van der Waals surface area contributed by atoms with Crippen LogP contribution in [-0.4, -0.2) is 25.5 Å². The first-order valence-electron chi connectivity index (χ1n) is 9.51. The van der Waals surface area contributed by atoms with E-state index >= 15 is 0 Å². The minimum atomic E-state index is -0.107. The van der Waals surface area contributed by atoms with Gasteiger partial charge in [0.2, 0.25) is 5.91 Å².